The lowest BCUT2D eigenvalue weighted by Gasteiger charge is -2.14. The van der Waals surface area contributed by atoms with Gasteiger partial charge in [-0.3, -0.25) is 9.59 Å². The number of carbonyl (C=O) groups is 1. The van der Waals surface area contributed by atoms with Crippen LogP contribution in [0.25, 0.3) is 21.9 Å². The molecule has 0 aliphatic heterocycles. The van der Waals surface area contributed by atoms with E-state index in [-0.39, 0.29) is 12.2 Å². The molecule has 6 nitrogen and oxygen atoms in total. The van der Waals surface area contributed by atoms with Gasteiger partial charge in [-0.1, -0.05) is 24.3 Å². The Hall–Kier alpha value is -3.12. The van der Waals surface area contributed by atoms with Crippen molar-refractivity contribution in [3.63, 3.8) is 0 Å². The fraction of sp³-hybridized carbons (Fsp3) is 0.200. The van der Waals surface area contributed by atoms with Gasteiger partial charge >= 0.3 is 0 Å². The second kappa shape index (κ2) is 7.41. The van der Waals surface area contributed by atoms with E-state index in [1.54, 1.807) is 31.3 Å². The highest BCUT2D eigenvalue weighted by Gasteiger charge is 2.13. The molecule has 3 aromatic rings. The minimum atomic E-state index is -0.584. The van der Waals surface area contributed by atoms with Gasteiger partial charge in [0.2, 0.25) is 0 Å². The summed E-state index contributed by atoms with van der Waals surface area (Å²) in [6, 6.07) is 12.8. The monoisotopic (exact) mass is 352 g/mol. The molecule has 3 rings (SSSR count). The van der Waals surface area contributed by atoms with E-state index in [0.29, 0.717) is 17.6 Å². The number of hydrogen-bond donors (Lipinski definition) is 3. The summed E-state index contributed by atoms with van der Waals surface area (Å²) >= 11 is 0. The smallest absolute Gasteiger partial charge is 0.255 e. The number of rotatable bonds is 6. The largest absolute Gasteiger partial charge is 0.484 e. The number of aliphatic hydroxyl groups excluding tert-OH is 1. The number of pyridine rings is 1. The van der Waals surface area contributed by atoms with E-state index < -0.39 is 12.0 Å². The second-order valence-electron chi connectivity index (χ2n) is 6.20. The summed E-state index contributed by atoms with van der Waals surface area (Å²) in [5.74, 6) is -0.184. The maximum Gasteiger partial charge on any atom is 0.255 e. The van der Waals surface area contributed by atoms with Crippen molar-refractivity contribution in [1.29, 1.82) is 0 Å². The van der Waals surface area contributed by atoms with E-state index in [9.17, 15) is 14.7 Å². The molecule has 0 bridgehead atoms. The van der Waals surface area contributed by atoms with Crippen molar-refractivity contribution >= 4 is 16.7 Å². The highest BCUT2D eigenvalue weighted by atomic mass is 16.5. The van der Waals surface area contributed by atoms with Crippen LogP contribution in [0, 0.1) is 0 Å². The minimum Gasteiger partial charge on any atom is -0.484 e. The number of aromatic nitrogens is 1. The Morgan fingerprint density at radius 2 is 1.96 bits per heavy atom. The Balaban J connectivity index is 2.12. The van der Waals surface area contributed by atoms with Crippen molar-refractivity contribution < 1.29 is 14.6 Å². The maximum atomic E-state index is 12.3. The molecule has 0 saturated heterocycles. The third-order valence-electron chi connectivity index (χ3n) is 4.08. The molecule has 1 atom stereocenters. The van der Waals surface area contributed by atoms with Crippen LogP contribution in [0.15, 0.2) is 53.5 Å². The molecule has 134 valence electrons. The number of amides is 1. The quantitative estimate of drug-likeness (QED) is 0.631. The number of ether oxygens (including phenoxy) is 1. The van der Waals surface area contributed by atoms with Crippen molar-refractivity contribution in [3.8, 4) is 16.9 Å². The van der Waals surface area contributed by atoms with Crippen LogP contribution < -0.4 is 16.0 Å². The number of nitrogens with one attached hydrogen (secondary N) is 1. The highest BCUT2D eigenvalue weighted by Crippen LogP contribution is 2.31. The fourth-order valence-corrected chi connectivity index (χ4v) is 2.99. The fourth-order valence-electron chi connectivity index (χ4n) is 2.99. The Labute approximate surface area is 150 Å². The molecule has 6 heteroatoms. The number of hydrogen-bond acceptors (Lipinski definition) is 4. The van der Waals surface area contributed by atoms with Crippen LogP contribution in [-0.4, -0.2) is 28.7 Å². The zero-order valence-electron chi connectivity index (χ0n) is 14.4. The third kappa shape index (κ3) is 3.75. The van der Waals surface area contributed by atoms with Gasteiger partial charge in [0.15, 0.2) is 6.61 Å². The van der Waals surface area contributed by atoms with Gasteiger partial charge in [-0.2, -0.15) is 0 Å². The van der Waals surface area contributed by atoms with E-state index in [2.05, 4.69) is 4.98 Å². The molecule has 1 amide bonds. The number of carbonyl (C=O) groups excluding carboxylic acids is 1. The zero-order chi connectivity index (χ0) is 18.7. The molecule has 4 N–H and O–H groups in total. The van der Waals surface area contributed by atoms with Crippen LogP contribution >= 0.6 is 0 Å². The summed E-state index contributed by atoms with van der Waals surface area (Å²) in [6.45, 7) is 1.49. The van der Waals surface area contributed by atoms with Crippen molar-refractivity contribution in [2.45, 2.75) is 19.4 Å². The average Bonchev–Trinajstić information content (AvgIpc) is 2.61. The van der Waals surface area contributed by atoms with Crippen LogP contribution in [0.4, 0.5) is 0 Å². The van der Waals surface area contributed by atoms with Crippen LogP contribution in [-0.2, 0) is 11.2 Å². The molecule has 0 aliphatic carbocycles. The first-order chi connectivity index (χ1) is 12.5. The molecule has 0 saturated carbocycles. The normalized spacial score (nSPS) is 12.1. The van der Waals surface area contributed by atoms with Gasteiger partial charge < -0.3 is 20.6 Å². The lowest BCUT2D eigenvalue weighted by molar-refractivity contribution is -0.119. The van der Waals surface area contributed by atoms with Gasteiger partial charge in [0.05, 0.1) is 11.5 Å². The predicted molar refractivity (Wildman–Crippen MR) is 100 cm³/mol. The van der Waals surface area contributed by atoms with Crippen LogP contribution in [0.2, 0.25) is 0 Å². The second-order valence-corrected chi connectivity index (χ2v) is 6.20. The van der Waals surface area contributed by atoms with Crippen LogP contribution in [0.5, 0.6) is 5.75 Å². The summed E-state index contributed by atoms with van der Waals surface area (Å²) in [5.41, 5.74) is 7.63. The van der Waals surface area contributed by atoms with E-state index in [1.807, 2.05) is 24.3 Å². The molecule has 2 aromatic carbocycles. The van der Waals surface area contributed by atoms with Crippen molar-refractivity contribution in [2.75, 3.05) is 6.61 Å². The Kier molecular flexibility index (Phi) is 5.04. The van der Waals surface area contributed by atoms with Crippen molar-refractivity contribution in [2.24, 2.45) is 5.73 Å². The molecule has 0 spiro atoms. The zero-order valence-corrected chi connectivity index (χ0v) is 14.4. The third-order valence-corrected chi connectivity index (χ3v) is 4.08. The Morgan fingerprint density at radius 1 is 1.19 bits per heavy atom. The molecular formula is C20H20N2O4. The SMILES string of the molecule is CC(O)Cc1ccccc1-c1c[nH]c(=O)c2cc(OCC(N)=O)ccc12. The number of primary amides is 1. The molecule has 1 aromatic heterocycles. The van der Waals surface area contributed by atoms with Gasteiger partial charge in [0.25, 0.3) is 11.5 Å². The van der Waals surface area contributed by atoms with Crippen molar-refractivity contribution in [1.82, 2.24) is 4.98 Å². The standard InChI is InChI=1S/C20H20N2O4/c1-12(23)8-13-4-2-3-5-15(13)18-10-22-20(25)17-9-14(6-7-16(17)18)26-11-19(21)24/h2-7,9-10,12,23H,8,11H2,1H3,(H2,21,24)(H,22,25). The molecule has 1 unspecified atom stereocenters. The molecule has 0 fully saturated rings. The van der Waals surface area contributed by atoms with E-state index >= 15 is 0 Å². The van der Waals surface area contributed by atoms with Gasteiger partial charge in [0, 0.05) is 11.8 Å². The number of nitrogens with two attached hydrogens (primary N) is 1. The average molecular weight is 352 g/mol. The maximum absolute atomic E-state index is 12.3. The molecule has 0 radical (unpaired) electrons. The topological polar surface area (TPSA) is 105 Å². The van der Waals surface area contributed by atoms with Gasteiger partial charge in [-0.05, 0) is 48.1 Å². The Bertz CT molecular complexity index is 1010. The molecule has 0 aliphatic rings. The van der Waals surface area contributed by atoms with Gasteiger partial charge in [-0.15, -0.1) is 0 Å². The lowest BCUT2D eigenvalue weighted by Crippen LogP contribution is -2.20. The lowest BCUT2D eigenvalue weighted by atomic mass is 9.94. The number of benzene rings is 2. The summed E-state index contributed by atoms with van der Waals surface area (Å²) in [4.78, 5) is 25.9. The number of fused-ring (bicyclic) bond motifs is 1. The van der Waals surface area contributed by atoms with Crippen molar-refractivity contribution in [3.05, 3.63) is 64.6 Å². The molecular weight excluding hydrogens is 332 g/mol. The first-order valence-corrected chi connectivity index (χ1v) is 8.28. The summed E-state index contributed by atoms with van der Waals surface area (Å²) in [5, 5.41) is 11.0. The molecule has 26 heavy (non-hydrogen) atoms. The predicted octanol–water partition coefficient (Wildman–Crippen LogP) is 1.98. The number of aliphatic hydroxyl groups is 1. The van der Waals surface area contributed by atoms with Crippen LogP contribution in [0.3, 0.4) is 0 Å². The first-order valence-electron chi connectivity index (χ1n) is 8.28. The summed E-state index contributed by atoms with van der Waals surface area (Å²) < 4.78 is 5.29. The highest BCUT2D eigenvalue weighted by molar-refractivity contribution is 5.97. The number of aromatic amines is 1. The van der Waals surface area contributed by atoms with Gasteiger partial charge in [-0.25, -0.2) is 0 Å². The van der Waals surface area contributed by atoms with Crippen LogP contribution in [0.1, 0.15) is 12.5 Å². The summed E-state index contributed by atoms with van der Waals surface area (Å²) in [6.07, 6.45) is 1.71. The number of H-pyrrole nitrogens is 1. The minimum absolute atomic E-state index is 0.249. The van der Waals surface area contributed by atoms with E-state index in [4.69, 9.17) is 10.5 Å². The van der Waals surface area contributed by atoms with Gasteiger partial charge in [0.1, 0.15) is 5.75 Å². The Morgan fingerprint density at radius 3 is 2.69 bits per heavy atom. The summed E-state index contributed by atoms with van der Waals surface area (Å²) in [7, 11) is 0. The van der Waals surface area contributed by atoms with E-state index in [0.717, 1.165) is 22.1 Å². The molecule has 1 heterocycles. The first kappa shape index (κ1) is 17.7. The van der Waals surface area contributed by atoms with E-state index in [1.165, 1.54) is 0 Å².